The summed E-state index contributed by atoms with van der Waals surface area (Å²) < 4.78 is 0. The highest BCUT2D eigenvalue weighted by Crippen LogP contribution is 2.15. The van der Waals surface area contributed by atoms with Crippen LogP contribution in [-0.4, -0.2) is 98.2 Å². The Kier molecular flexibility index (Phi) is 11.7. The van der Waals surface area contributed by atoms with Gasteiger partial charge in [-0.2, -0.15) is 0 Å². The fraction of sp³-hybridized carbons (Fsp3) is 0.762. The SMILES string of the molecule is CN=C(NCCCN1CCC(C)CC1)NCCN1CCN(c2ncccn2)CC1.I. The smallest absolute Gasteiger partial charge is 0.225 e. The van der Waals surface area contributed by atoms with E-state index in [0.717, 1.165) is 63.6 Å². The second kappa shape index (κ2) is 14.0. The van der Waals surface area contributed by atoms with Gasteiger partial charge in [0.05, 0.1) is 0 Å². The lowest BCUT2D eigenvalue weighted by molar-refractivity contribution is 0.191. The molecule has 0 spiro atoms. The molecule has 0 saturated carbocycles. The van der Waals surface area contributed by atoms with E-state index in [1.54, 1.807) is 0 Å². The molecule has 1 aromatic rings. The Morgan fingerprint density at radius 1 is 0.967 bits per heavy atom. The van der Waals surface area contributed by atoms with Crippen molar-refractivity contribution in [2.45, 2.75) is 26.2 Å². The number of anilines is 1. The Morgan fingerprint density at radius 2 is 1.60 bits per heavy atom. The molecule has 8 nitrogen and oxygen atoms in total. The normalized spacial score (nSPS) is 19.4. The van der Waals surface area contributed by atoms with Crippen LogP contribution in [0.4, 0.5) is 5.95 Å². The van der Waals surface area contributed by atoms with Crippen molar-refractivity contribution < 1.29 is 0 Å². The fourth-order valence-corrected chi connectivity index (χ4v) is 3.97. The average molecular weight is 531 g/mol. The van der Waals surface area contributed by atoms with Crippen molar-refractivity contribution in [3.05, 3.63) is 18.5 Å². The molecule has 2 aliphatic heterocycles. The maximum Gasteiger partial charge on any atom is 0.225 e. The monoisotopic (exact) mass is 530 g/mol. The molecule has 2 aliphatic rings. The predicted molar refractivity (Wildman–Crippen MR) is 135 cm³/mol. The van der Waals surface area contributed by atoms with Crippen LogP contribution in [0.1, 0.15) is 26.2 Å². The standard InChI is InChI=1S/C21H38N8.HI/c1-19-5-12-27(13-6-19)11-4-9-23-20(22-2)24-10-14-28-15-17-29(18-16-28)21-25-7-3-8-26-21;/h3,7-8,19H,4-6,9-18H2,1-2H3,(H2,22,23,24);1H. The molecule has 30 heavy (non-hydrogen) atoms. The van der Waals surface area contributed by atoms with Crippen LogP contribution in [-0.2, 0) is 0 Å². The van der Waals surface area contributed by atoms with Crippen LogP contribution in [0.15, 0.2) is 23.5 Å². The quantitative estimate of drug-likeness (QED) is 0.229. The fourth-order valence-electron chi connectivity index (χ4n) is 3.97. The van der Waals surface area contributed by atoms with Crippen molar-refractivity contribution in [2.24, 2.45) is 10.9 Å². The van der Waals surface area contributed by atoms with E-state index in [1.165, 1.54) is 38.9 Å². The molecule has 0 radical (unpaired) electrons. The number of piperidine rings is 1. The Hall–Kier alpha value is -1.20. The minimum absolute atomic E-state index is 0. The first-order chi connectivity index (χ1) is 14.2. The maximum absolute atomic E-state index is 4.35. The summed E-state index contributed by atoms with van der Waals surface area (Å²) in [5.41, 5.74) is 0. The first kappa shape index (κ1) is 25.1. The van der Waals surface area contributed by atoms with Crippen LogP contribution in [0, 0.1) is 5.92 Å². The van der Waals surface area contributed by atoms with Crippen LogP contribution >= 0.6 is 24.0 Å². The molecule has 2 N–H and O–H groups in total. The zero-order chi connectivity index (χ0) is 20.3. The molecule has 0 unspecified atom stereocenters. The number of nitrogens with zero attached hydrogens (tertiary/aromatic N) is 6. The van der Waals surface area contributed by atoms with E-state index in [-0.39, 0.29) is 24.0 Å². The molecule has 2 saturated heterocycles. The number of guanidine groups is 1. The van der Waals surface area contributed by atoms with Crippen LogP contribution in [0.25, 0.3) is 0 Å². The molecule has 0 atom stereocenters. The van der Waals surface area contributed by atoms with Crippen molar-refractivity contribution in [1.29, 1.82) is 0 Å². The zero-order valence-electron chi connectivity index (χ0n) is 18.6. The molecule has 1 aromatic heterocycles. The number of piperazine rings is 1. The number of hydrogen-bond donors (Lipinski definition) is 2. The van der Waals surface area contributed by atoms with Crippen LogP contribution in [0.2, 0.25) is 0 Å². The predicted octanol–water partition coefficient (Wildman–Crippen LogP) is 1.50. The molecular weight excluding hydrogens is 491 g/mol. The third-order valence-electron chi connectivity index (χ3n) is 5.97. The summed E-state index contributed by atoms with van der Waals surface area (Å²) in [6.45, 7) is 13.0. The Labute approximate surface area is 198 Å². The average Bonchev–Trinajstić information content (AvgIpc) is 2.77. The molecule has 170 valence electrons. The van der Waals surface area contributed by atoms with E-state index in [0.29, 0.717) is 0 Å². The second-order valence-electron chi connectivity index (χ2n) is 8.18. The minimum atomic E-state index is 0. The van der Waals surface area contributed by atoms with Crippen molar-refractivity contribution in [3.8, 4) is 0 Å². The van der Waals surface area contributed by atoms with Gasteiger partial charge in [-0.1, -0.05) is 6.92 Å². The van der Waals surface area contributed by atoms with E-state index < -0.39 is 0 Å². The van der Waals surface area contributed by atoms with Gasteiger partial charge in [0, 0.05) is 65.3 Å². The van der Waals surface area contributed by atoms with Crippen molar-refractivity contribution in [2.75, 3.05) is 77.4 Å². The molecule has 0 bridgehead atoms. The van der Waals surface area contributed by atoms with Crippen molar-refractivity contribution in [3.63, 3.8) is 0 Å². The number of likely N-dealkylation sites (tertiary alicyclic amines) is 1. The Morgan fingerprint density at radius 3 is 2.27 bits per heavy atom. The summed E-state index contributed by atoms with van der Waals surface area (Å²) in [7, 11) is 1.85. The summed E-state index contributed by atoms with van der Waals surface area (Å²) in [5, 5.41) is 6.90. The van der Waals surface area contributed by atoms with Gasteiger partial charge in [0.1, 0.15) is 0 Å². The Balaban J connectivity index is 0.00000320. The van der Waals surface area contributed by atoms with E-state index >= 15 is 0 Å². The molecule has 9 heteroatoms. The highest BCUT2D eigenvalue weighted by molar-refractivity contribution is 14.0. The highest BCUT2D eigenvalue weighted by Gasteiger charge is 2.18. The van der Waals surface area contributed by atoms with Gasteiger partial charge in [0.25, 0.3) is 0 Å². The largest absolute Gasteiger partial charge is 0.356 e. The zero-order valence-corrected chi connectivity index (χ0v) is 20.9. The number of rotatable bonds is 8. The molecule has 3 heterocycles. The minimum Gasteiger partial charge on any atom is -0.356 e. The van der Waals surface area contributed by atoms with Gasteiger partial charge in [-0.25, -0.2) is 9.97 Å². The van der Waals surface area contributed by atoms with Gasteiger partial charge >= 0.3 is 0 Å². The first-order valence-corrected chi connectivity index (χ1v) is 11.2. The first-order valence-electron chi connectivity index (χ1n) is 11.2. The van der Waals surface area contributed by atoms with Gasteiger partial charge in [-0.15, -0.1) is 24.0 Å². The van der Waals surface area contributed by atoms with Crippen molar-refractivity contribution >= 4 is 35.9 Å². The lowest BCUT2D eigenvalue weighted by atomic mass is 9.99. The summed E-state index contributed by atoms with van der Waals surface area (Å²) in [5.74, 6) is 2.66. The van der Waals surface area contributed by atoms with E-state index in [2.05, 4.69) is 47.2 Å². The van der Waals surface area contributed by atoms with Crippen LogP contribution in [0.5, 0.6) is 0 Å². The number of halogens is 1. The number of aliphatic imine (C=N–C) groups is 1. The topological polar surface area (TPSA) is 71.9 Å². The molecule has 0 amide bonds. The summed E-state index contributed by atoms with van der Waals surface area (Å²) >= 11 is 0. The highest BCUT2D eigenvalue weighted by atomic mass is 127. The van der Waals surface area contributed by atoms with E-state index in [1.807, 2.05) is 25.5 Å². The molecule has 3 rings (SSSR count). The summed E-state index contributed by atoms with van der Waals surface area (Å²) in [6.07, 6.45) is 7.49. The summed E-state index contributed by atoms with van der Waals surface area (Å²) in [4.78, 5) is 20.4. The lowest BCUT2D eigenvalue weighted by Gasteiger charge is -2.34. The lowest BCUT2D eigenvalue weighted by Crippen LogP contribution is -2.49. The summed E-state index contributed by atoms with van der Waals surface area (Å²) in [6, 6.07) is 1.86. The van der Waals surface area contributed by atoms with Crippen molar-refractivity contribution in [1.82, 2.24) is 30.4 Å². The van der Waals surface area contributed by atoms with Gasteiger partial charge < -0.3 is 20.4 Å². The van der Waals surface area contributed by atoms with Crippen LogP contribution < -0.4 is 15.5 Å². The third kappa shape index (κ3) is 8.50. The molecular formula is C21H39IN8. The molecule has 2 fully saturated rings. The third-order valence-corrected chi connectivity index (χ3v) is 5.97. The molecule has 0 aliphatic carbocycles. The maximum atomic E-state index is 4.35. The number of aromatic nitrogens is 2. The van der Waals surface area contributed by atoms with Gasteiger partial charge in [-0.05, 0) is 50.9 Å². The van der Waals surface area contributed by atoms with Crippen LogP contribution in [0.3, 0.4) is 0 Å². The number of hydrogen-bond acceptors (Lipinski definition) is 6. The Bertz CT molecular complexity index is 598. The van der Waals surface area contributed by atoms with Gasteiger partial charge in [-0.3, -0.25) is 9.89 Å². The van der Waals surface area contributed by atoms with Gasteiger partial charge in [0.2, 0.25) is 5.95 Å². The van der Waals surface area contributed by atoms with E-state index in [9.17, 15) is 0 Å². The van der Waals surface area contributed by atoms with Gasteiger partial charge in [0.15, 0.2) is 5.96 Å². The number of nitrogens with one attached hydrogen (secondary N) is 2. The molecule has 0 aromatic carbocycles. The second-order valence-corrected chi connectivity index (χ2v) is 8.18. The van der Waals surface area contributed by atoms with E-state index in [4.69, 9.17) is 0 Å².